The van der Waals surface area contributed by atoms with Crippen LogP contribution < -0.4 is 28.3 Å². The Bertz CT molecular complexity index is 418. The summed E-state index contributed by atoms with van der Waals surface area (Å²) in [5, 5.41) is 0. The van der Waals surface area contributed by atoms with Gasteiger partial charge in [0.05, 0.1) is 11.1 Å². The molecule has 0 aliphatic carbocycles. The van der Waals surface area contributed by atoms with Crippen LogP contribution in [-0.2, 0) is 6.54 Å². The molecule has 1 rings (SSSR count). The summed E-state index contributed by atoms with van der Waals surface area (Å²) < 4.78 is 0. The molecule has 0 aromatic heterocycles. The van der Waals surface area contributed by atoms with E-state index in [1.807, 2.05) is 10.9 Å². The van der Waals surface area contributed by atoms with Gasteiger partial charge < -0.3 is 5.73 Å². The van der Waals surface area contributed by atoms with Crippen molar-refractivity contribution >= 4 is 11.8 Å². The number of carbonyl (C=O) groups is 2. The number of hydrazine groups is 2. The summed E-state index contributed by atoms with van der Waals surface area (Å²) in [6.07, 6.45) is 0. The van der Waals surface area contributed by atoms with Crippen LogP contribution in [0.25, 0.3) is 0 Å². The quantitative estimate of drug-likeness (QED) is 0.237. The lowest BCUT2D eigenvalue weighted by Gasteiger charge is -2.11. The van der Waals surface area contributed by atoms with Gasteiger partial charge in [-0.15, -0.1) is 0 Å². The maximum atomic E-state index is 11.5. The molecule has 16 heavy (non-hydrogen) atoms. The molecular weight excluding hydrogens is 210 g/mol. The zero-order valence-corrected chi connectivity index (χ0v) is 8.49. The number of carbonyl (C=O) groups excluding carboxylic acids is 2. The van der Waals surface area contributed by atoms with Gasteiger partial charge in [-0.2, -0.15) is 0 Å². The van der Waals surface area contributed by atoms with Crippen LogP contribution in [0, 0.1) is 0 Å². The minimum Gasteiger partial charge on any atom is -0.326 e. The molecule has 0 bridgehead atoms. The van der Waals surface area contributed by atoms with Crippen molar-refractivity contribution < 1.29 is 9.59 Å². The molecule has 86 valence electrons. The van der Waals surface area contributed by atoms with Crippen molar-refractivity contribution in [3.8, 4) is 0 Å². The van der Waals surface area contributed by atoms with Crippen LogP contribution in [0.4, 0.5) is 0 Å². The van der Waals surface area contributed by atoms with Gasteiger partial charge in [0, 0.05) is 6.54 Å². The molecule has 0 aliphatic heterocycles. The number of amides is 2. The highest BCUT2D eigenvalue weighted by molar-refractivity contribution is 6.07. The van der Waals surface area contributed by atoms with Crippen LogP contribution >= 0.6 is 0 Å². The predicted octanol–water partition coefficient (Wildman–Crippen LogP) is -1.65. The Labute approximate surface area is 91.9 Å². The Hall–Kier alpha value is -1.96. The average molecular weight is 223 g/mol. The summed E-state index contributed by atoms with van der Waals surface area (Å²) in [6.45, 7) is 0.119. The smallest absolute Gasteiger partial charge is 0.266 e. The first kappa shape index (κ1) is 12.1. The summed E-state index contributed by atoms with van der Waals surface area (Å²) in [6, 6.07) is 4.71. The monoisotopic (exact) mass is 223 g/mol. The molecule has 8 N–H and O–H groups in total. The minimum atomic E-state index is -0.584. The lowest BCUT2D eigenvalue weighted by atomic mass is 10.00. The van der Waals surface area contributed by atoms with E-state index in [-0.39, 0.29) is 17.7 Å². The van der Waals surface area contributed by atoms with E-state index in [4.69, 9.17) is 17.4 Å². The molecule has 1 aromatic carbocycles. The van der Waals surface area contributed by atoms with Gasteiger partial charge >= 0.3 is 0 Å². The molecule has 0 unspecified atom stereocenters. The molecule has 7 nitrogen and oxygen atoms in total. The van der Waals surface area contributed by atoms with E-state index in [0.29, 0.717) is 5.56 Å². The van der Waals surface area contributed by atoms with Crippen LogP contribution in [0.15, 0.2) is 18.2 Å². The molecule has 0 radical (unpaired) electrons. The highest BCUT2D eigenvalue weighted by Crippen LogP contribution is 2.14. The van der Waals surface area contributed by atoms with Gasteiger partial charge in [0.15, 0.2) is 0 Å². The van der Waals surface area contributed by atoms with Gasteiger partial charge in [-0.3, -0.25) is 20.4 Å². The number of nitrogens with two attached hydrogens (primary N) is 3. The number of nitrogen functional groups attached to an aromatic ring is 2. The topological polar surface area (TPSA) is 136 Å². The summed E-state index contributed by atoms with van der Waals surface area (Å²) in [5.41, 5.74) is 10.2. The molecule has 0 saturated heterocycles. The highest BCUT2D eigenvalue weighted by atomic mass is 16.2. The molecule has 1 aromatic rings. The first-order valence-corrected chi connectivity index (χ1v) is 4.49. The first-order valence-electron chi connectivity index (χ1n) is 4.49. The maximum Gasteiger partial charge on any atom is 0.266 e. The molecule has 0 heterocycles. The van der Waals surface area contributed by atoms with Crippen molar-refractivity contribution in [3.05, 3.63) is 34.9 Å². The fourth-order valence-corrected chi connectivity index (χ4v) is 1.38. The number of hydrogen-bond donors (Lipinski definition) is 5. The standard InChI is InChI=1S/C9H13N5O2/c10-4-5-2-1-3-6(8(15)13-11)7(5)9(16)14-12/h1-3H,4,10-12H2,(H,13,15)(H,14,16). The summed E-state index contributed by atoms with van der Waals surface area (Å²) >= 11 is 0. The largest absolute Gasteiger partial charge is 0.326 e. The minimum absolute atomic E-state index is 0.119. The second-order valence-electron chi connectivity index (χ2n) is 2.99. The van der Waals surface area contributed by atoms with E-state index in [0.717, 1.165) is 0 Å². The Morgan fingerprint density at radius 3 is 2.25 bits per heavy atom. The van der Waals surface area contributed by atoms with Gasteiger partial charge in [0.25, 0.3) is 11.8 Å². The van der Waals surface area contributed by atoms with E-state index in [1.54, 1.807) is 12.1 Å². The molecule has 0 aliphatic rings. The van der Waals surface area contributed by atoms with Crippen LogP contribution in [0.3, 0.4) is 0 Å². The summed E-state index contributed by atoms with van der Waals surface area (Å²) in [7, 11) is 0. The van der Waals surface area contributed by atoms with E-state index >= 15 is 0 Å². The van der Waals surface area contributed by atoms with Crippen molar-refractivity contribution in [2.45, 2.75) is 6.54 Å². The lowest BCUT2D eigenvalue weighted by Crippen LogP contribution is -2.36. The second kappa shape index (κ2) is 5.21. The van der Waals surface area contributed by atoms with Gasteiger partial charge in [0.2, 0.25) is 0 Å². The number of hydrogen-bond acceptors (Lipinski definition) is 5. The fourth-order valence-electron chi connectivity index (χ4n) is 1.38. The molecule has 0 spiro atoms. The zero-order chi connectivity index (χ0) is 12.1. The van der Waals surface area contributed by atoms with Gasteiger partial charge in [0.1, 0.15) is 0 Å². The van der Waals surface area contributed by atoms with Crippen LogP contribution in [-0.4, -0.2) is 11.8 Å². The number of benzene rings is 1. The third kappa shape index (κ3) is 2.16. The normalized spacial score (nSPS) is 9.69. The molecular formula is C9H13N5O2. The van der Waals surface area contributed by atoms with Crippen molar-refractivity contribution in [1.82, 2.24) is 10.9 Å². The van der Waals surface area contributed by atoms with Crippen LogP contribution in [0.1, 0.15) is 26.3 Å². The zero-order valence-electron chi connectivity index (χ0n) is 8.49. The Kier molecular flexibility index (Phi) is 3.95. The van der Waals surface area contributed by atoms with Gasteiger partial charge in [-0.25, -0.2) is 11.7 Å². The third-order valence-electron chi connectivity index (χ3n) is 2.10. The molecule has 0 atom stereocenters. The Balaban J connectivity index is 3.37. The fraction of sp³-hybridized carbons (Fsp3) is 0.111. The molecule has 0 fully saturated rings. The van der Waals surface area contributed by atoms with E-state index in [1.165, 1.54) is 6.07 Å². The predicted molar refractivity (Wildman–Crippen MR) is 57.6 cm³/mol. The SMILES string of the molecule is NCc1cccc(C(=O)NN)c1C(=O)NN. The van der Waals surface area contributed by atoms with Crippen LogP contribution in [0.2, 0.25) is 0 Å². The Morgan fingerprint density at radius 1 is 1.12 bits per heavy atom. The van der Waals surface area contributed by atoms with E-state index in [2.05, 4.69) is 0 Å². The summed E-state index contributed by atoms with van der Waals surface area (Å²) in [5.74, 6) is 8.89. The maximum absolute atomic E-state index is 11.5. The van der Waals surface area contributed by atoms with E-state index < -0.39 is 11.8 Å². The van der Waals surface area contributed by atoms with Crippen molar-refractivity contribution in [2.75, 3.05) is 0 Å². The first-order chi connectivity index (χ1) is 7.65. The second-order valence-corrected chi connectivity index (χ2v) is 2.99. The summed E-state index contributed by atoms with van der Waals surface area (Å²) in [4.78, 5) is 22.9. The van der Waals surface area contributed by atoms with Gasteiger partial charge in [-0.1, -0.05) is 12.1 Å². The number of nitrogens with one attached hydrogen (secondary N) is 2. The third-order valence-corrected chi connectivity index (χ3v) is 2.10. The Morgan fingerprint density at radius 2 is 1.75 bits per heavy atom. The highest BCUT2D eigenvalue weighted by Gasteiger charge is 2.18. The average Bonchev–Trinajstić information content (AvgIpc) is 2.35. The molecule has 7 heteroatoms. The lowest BCUT2D eigenvalue weighted by molar-refractivity contribution is 0.0919. The van der Waals surface area contributed by atoms with E-state index in [9.17, 15) is 9.59 Å². The van der Waals surface area contributed by atoms with Crippen molar-refractivity contribution in [1.29, 1.82) is 0 Å². The molecule has 0 saturated carbocycles. The van der Waals surface area contributed by atoms with Crippen molar-refractivity contribution in [3.63, 3.8) is 0 Å². The van der Waals surface area contributed by atoms with Crippen molar-refractivity contribution in [2.24, 2.45) is 17.4 Å². The van der Waals surface area contributed by atoms with Crippen LogP contribution in [0.5, 0.6) is 0 Å². The van der Waals surface area contributed by atoms with Gasteiger partial charge in [-0.05, 0) is 11.6 Å². The molecule has 2 amide bonds. The number of rotatable bonds is 3.